The fourth-order valence-electron chi connectivity index (χ4n) is 2.78. The minimum absolute atomic E-state index is 0.0849. The highest BCUT2D eigenvalue weighted by Crippen LogP contribution is 2.33. The smallest absolute Gasteiger partial charge is 0.255 e. The van der Waals surface area contributed by atoms with E-state index in [1.165, 1.54) is 29.3 Å². The van der Waals surface area contributed by atoms with Crippen LogP contribution in [-0.4, -0.2) is 33.5 Å². The zero-order chi connectivity index (χ0) is 16.6. The number of aromatic amines is 1. The second-order valence-electron chi connectivity index (χ2n) is 5.48. The third kappa shape index (κ3) is 3.00. The van der Waals surface area contributed by atoms with E-state index in [1.807, 2.05) is 0 Å². The van der Waals surface area contributed by atoms with Crippen LogP contribution in [0.2, 0.25) is 0 Å². The quantitative estimate of drug-likeness (QED) is 0.883. The van der Waals surface area contributed by atoms with Gasteiger partial charge in [-0.05, 0) is 30.2 Å². The Kier molecular flexibility index (Phi) is 3.96. The van der Waals surface area contributed by atoms with Crippen LogP contribution in [0.25, 0.3) is 0 Å². The molecule has 5 nitrogen and oxygen atoms in total. The van der Waals surface area contributed by atoms with Gasteiger partial charge < -0.3 is 15.0 Å². The van der Waals surface area contributed by atoms with Crippen molar-refractivity contribution in [3.63, 3.8) is 0 Å². The predicted molar refractivity (Wildman–Crippen MR) is 77.8 cm³/mol. The molecule has 120 valence electrons. The molecule has 1 aliphatic rings. The number of carbonyl (C=O) groups excluding carboxylic acids is 1. The third-order valence-electron chi connectivity index (χ3n) is 3.90. The van der Waals surface area contributed by atoms with Crippen molar-refractivity contribution in [1.29, 1.82) is 0 Å². The average Bonchev–Trinajstić information content (AvgIpc) is 2.92. The third-order valence-corrected chi connectivity index (χ3v) is 3.90. The Labute approximate surface area is 130 Å². The summed E-state index contributed by atoms with van der Waals surface area (Å²) in [4.78, 5) is 27.4. The second kappa shape index (κ2) is 5.92. The maximum Gasteiger partial charge on any atom is 0.255 e. The van der Waals surface area contributed by atoms with Gasteiger partial charge in [-0.3, -0.25) is 9.59 Å². The molecule has 1 saturated heterocycles. The standard InChI is InChI=1S/C16H14F2N2O3/c17-12-3-1-9(5-13(12)18)14-6-11(21)8-20(14)16(23)10-2-4-15(22)19-7-10/h1-5,7,11,14,21H,6,8H2,(H,19,22)/t11-,14-/m1/s1. The van der Waals surface area contributed by atoms with Crippen LogP contribution in [-0.2, 0) is 0 Å². The fourth-order valence-corrected chi connectivity index (χ4v) is 2.78. The number of benzene rings is 1. The summed E-state index contributed by atoms with van der Waals surface area (Å²) in [6.07, 6.45) is 0.775. The molecule has 0 aliphatic carbocycles. The van der Waals surface area contributed by atoms with Crippen LogP contribution in [0.5, 0.6) is 0 Å². The van der Waals surface area contributed by atoms with E-state index >= 15 is 0 Å². The Bertz CT molecular complexity index is 786. The molecule has 23 heavy (non-hydrogen) atoms. The molecule has 0 bridgehead atoms. The number of likely N-dealkylation sites (tertiary alicyclic amines) is 1. The molecule has 0 radical (unpaired) electrons. The Hall–Kier alpha value is -2.54. The van der Waals surface area contributed by atoms with E-state index in [0.29, 0.717) is 5.56 Å². The summed E-state index contributed by atoms with van der Waals surface area (Å²) in [5.74, 6) is -2.36. The normalized spacial score (nSPS) is 20.7. The number of hydrogen-bond donors (Lipinski definition) is 2. The van der Waals surface area contributed by atoms with E-state index < -0.39 is 29.7 Å². The molecular weight excluding hydrogens is 306 g/mol. The highest BCUT2D eigenvalue weighted by molar-refractivity contribution is 5.94. The Balaban J connectivity index is 1.92. The number of nitrogens with one attached hydrogen (secondary N) is 1. The highest BCUT2D eigenvalue weighted by Gasteiger charge is 2.36. The maximum atomic E-state index is 13.4. The van der Waals surface area contributed by atoms with Crippen molar-refractivity contribution in [2.24, 2.45) is 0 Å². The molecule has 0 spiro atoms. The number of amides is 1. The average molecular weight is 320 g/mol. The van der Waals surface area contributed by atoms with Crippen molar-refractivity contribution < 1.29 is 18.7 Å². The molecule has 1 aromatic heterocycles. The summed E-state index contributed by atoms with van der Waals surface area (Å²) in [6, 6.07) is 5.48. The number of aliphatic hydroxyl groups excluding tert-OH is 1. The molecule has 3 rings (SSSR count). The molecule has 0 unspecified atom stereocenters. The number of β-amino-alcohol motifs (C(OH)–C–C–N with tert-alkyl or cyclic N) is 1. The Morgan fingerprint density at radius 1 is 1.22 bits per heavy atom. The summed E-state index contributed by atoms with van der Waals surface area (Å²) in [5, 5.41) is 9.88. The first-order chi connectivity index (χ1) is 11.0. The van der Waals surface area contributed by atoms with E-state index in [1.54, 1.807) is 0 Å². The number of rotatable bonds is 2. The van der Waals surface area contributed by atoms with E-state index in [4.69, 9.17) is 0 Å². The van der Waals surface area contributed by atoms with Gasteiger partial charge in [-0.2, -0.15) is 0 Å². The highest BCUT2D eigenvalue weighted by atomic mass is 19.2. The molecule has 2 heterocycles. The SMILES string of the molecule is O=C(c1ccc(=O)[nH]c1)N1C[C@H](O)C[C@@H]1c1ccc(F)c(F)c1. The van der Waals surface area contributed by atoms with Gasteiger partial charge in [0.05, 0.1) is 17.7 Å². The molecule has 0 saturated carbocycles. The van der Waals surface area contributed by atoms with Crippen LogP contribution in [0, 0.1) is 11.6 Å². The van der Waals surface area contributed by atoms with E-state index in [-0.39, 0.29) is 24.1 Å². The predicted octanol–water partition coefficient (Wildman–Crippen LogP) is 1.60. The lowest BCUT2D eigenvalue weighted by molar-refractivity contribution is 0.0715. The van der Waals surface area contributed by atoms with Gasteiger partial charge in [-0.25, -0.2) is 8.78 Å². The van der Waals surface area contributed by atoms with Crippen LogP contribution in [0.15, 0.2) is 41.3 Å². The molecule has 1 amide bonds. The summed E-state index contributed by atoms with van der Waals surface area (Å²) >= 11 is 0. The lowest BCUT2D eigenvalue weighted by atomic mass is 10.0. The summed E-state index contributed by atoms with van der Waals surface area (Å²) in [7, 11) is 0. The largest absolute Gasteiger partial charge is 0.391 e. The topological polar surface area (TPSA) is 73.4 Å². The number of aliphatic hydroxyl groups is 1. The molecule has 2 atom stereocenters. The van der Waals surface area contributed by atoms with Gasteiger partial charge in [-0.1, -0.05) is 6.07 Å². The van der Waals surface area contributed by atoms with Crippen LogP contribution in [0.4, 0.5) is 8.78 Å². The second-order valence-corrected chi connectivity index (χ2v) is 5.48. The molecule has 7 heteroatoms. The number of H-pyrrole nitrogens is 1. The number of nitrogens with zero attached hydrogens (tertiary/aromatic N) is 1. The zero-order valence-electron chi connectivity index (χ0n) is 12.0. The van der Waals surface area contributed by atoms with Crippen molar-refractivity contribution in [2.75, 3.05) is 6.54 Å². The van der Waals surface area contributed by atoms with Crippen molar-refractivity contribution in [3.8, 4) is 0 Å². The van der Waals surface area contributed by atoms with Gasteiger partial charge in [0.15, 0.2) is 11.6 Å². The first kappa shape index (κ1) is 15.4. The maximum absolute atomic E-state index is 13.4. The van der Waals surface area contributed by atoms with Crippen molar-refractivity contribution >= 4 is 5.91 Å². The van der Waals surface area contributed by atoms with Gasteiger partial charge in [-0.15, -0.1) is 0 Å². The van der Waals surface area contributed by atoms with Crippen molar-refractivity contribution in [2.45, 2.75) is 18.6 Å². The van der Waals surface area contributed by atoms with E-state index in [0.717, 1.165) is 12.1 Å². The summed E-state index contributed by atoms with van der Waals surface area (Å²) in [5.41, 5.74) is 0.338. The molecular formula is C16H14F2N2O3. The van der Waals surface area contributed by atoms with Gasteiger partial charge >= 0.3 is 0 Å². The minimum Gasteiger partial charge on any atom is -0.391 e. The van der Waals surface area contributed by atoms with Gasteiger partial charge in [0.1, 0.15) is 0 Å². The minimum atomic E-state index is -1.000. The zero-order valence-corrected chi connectivity index (χ0v) is 12.0. The molecule has 2 N–H and O–H groups in total. The van der Waals surface area contributed by atoms with Crippen LogP contribution in [0.3, 0.4) is 0 Å². The van der Waals surface area contributed by atoms with Crippen LogP contribution >= 0.6 is 0 Å². The number of aromatic nitrogens is 1. The Morgan fingerprint density at radius 2 is 2.00 bits per heavy atom. The first-order valence-corrected chi connectivity index (χ1v) is 7.08. The molecule has 2 aromatic rings. The number of hydrogen-bond acceptors (Lipinski definition) is 3. The van der Waals surface area contributed by atoms with Gasteiger partial charge in [0, 0.05) is 18.8 Å². The monoisotopic (exact) mass is 320 g/mol. The molecule has 1 fully saturated rings. The lowest BCUT2D eigenvalue weighted by Gasteiger charge is -2.24. The first-order valence-electron chi connectivity index (χ1n) is 7.08. The fraction of sp³-hybridized carbons (Fsp3) is 0.250. The molecule has 1 aliphatic heterocycles. The van der Waals surface area contributed by atoms with E-state index in [2.05, 4.69) is 4.98 Å². The number of carbonyl (C=O) groups is 1. The number of pyridine rings is 1. The Morgan fingerprint density at radius 3 is 2.65 bits per heavy atom. The van der Waals surface area contributed by atoms with Crippen LogP contribution in [0.1, 0.15) is 28.4 Å². The van der Waals surface area contributed by atoms with Crippen molar-refractivity contribution in [1.82, 2.24) is 9.88 Å². The summed E-state index contributed by atoms with van der Waals surface area (Å²) in [6.45, 7) is 0.0849. The lowest BCUT2D eigenvalue weighted by Crippen LogP contribution is -2.32. The summed E-state index contributed by atoms with van der Waals surface area (Å²) < 4.78 is 26.5. The molecule has 1 aromatic carbocycles. The van der Waals surface area contributed by atoms with Crippen molar-refractivity contribution in [3.05, 3.63) is 69.6 Å². The number of halogens is 2. The van der Waals surface area contributed by atoms with Gasteiger partial charge in [0.25, 0.3) is 5.91 Å². The van der Waals surface area contributed by atoms with E-state index in [9.17, 15) is 23.5 Å². The van der Waals surface area contributed by atoms with Gasteiger partial charge in [0.2, 0.25) is 5.56 Å². The van der Waals surface area contributed by atoms with Crippen LogP contribution < -0.4 is 5.56 Å².